The lowest BCUT2D eigenvalue weighted by molar-refractivity contribution is 0.143. The Morgan fingerprint density at radius 2 is 1.87 bits per heavy atom. The van der Waals surface area contributed by atoms with Gasteiger partial charge < -0.3 is 19.3 Å². The molecule has 11 heteroatoms. The molecule has 2 aliphatic heterocycles. The fourth-order valence-electron chi connectivity index (χ4n) is 5.49. The Morgan fingerprint density at radius 1 is 1.13 bits per heavy atom. The summed E-state index contributed by atoms with van der Waals surface area (Å²) < 4.78 is 35.7. The van der Waals surface area contributed by atoms with Crippen LogP contribution in [0, 0.1) is 11.6 Å². The highest BCUT2D eigenvalue weighted by molar-refractivity contribution is 5.92. The molecule has 1 fully saturated rings. The third-order valence-corrected chi connectivity index (χ3v) is 7.51. The number of amides is 1. The van der Waals surface area contributed by atoms with Gasteiger partial charge in [-0.05, 0) is 75.8 Å². The van der Waals surface area contributed by atoms with Crippen molar-refractivity contribution in [3.8, 4) is 17.3 Å². The minimum atomic E-state index is -0.959. The van der Waals surface area contributed by atoms with Crippen LogP contribution in [0.1, 0.15) is 48.9 Å². The Bertz CT molecular complexity index is 1500. The summed E-state index contributed by atoms with van der Waals surface area (Å²) >= 11 is 0. The Hall–Kier alpha value is -3.99. The monoisotopic (exact) mass is 522 g/mol. The summed E-state index contributed by atoms with van der Waals surface area (Å²) in [6.07, 6.45) is 0.314. The molecule has 2 aromatic heterocycles. The zero-order valence-electron chi connectivity index (χ0n) is 21.1. The van der Waals surface area contributed by atoms with Crippen LogP contribution in [0.4, 0.5) is 13.6 Å². The average Bonchev–Trinajstić information content (AvgIpc) is 3.56. The number of halogens is 2. The molecule has 198 valence electrons. The van der Waals surface area contributed by atoms with Gasteiger partial charge in [-0.15, -0.1) is 0 Å². The molecule has 2 N–H and O–H groups in total. The number of nitrogens with zero attached hydrogens (tertiary/aromatic N) is 5. The number of piperidine rings is 1. The second kappa shape index (κ2) is 9.39. The number of hydrogen-bond donors (Lipinski definition) is 2. The summed E-state index contributed by atoms with van der Waals surface area (Å²) in [5.74, 6) is -0.0749. The molecule has 1 saturated heterocycles. The smallest absolute Gasteiger partial charge is 0.408 e. The van der Waals surface area contributed by atoms with Crippen LogP contribution in [0.2, 0.25) is 0 Å². The lowest BCUT2D eigenvalue weighted by Gasteiger charge is -2.31. The van der Waals surface area contributed by atoms with Crippen LogP contribution >= 0.6 is 0 Å². The summed E-state index contributed by atoms with van der Waals surface area (Å²) in [5, 5.41) is 18.0. The van der Waals surface area contributed by atoms with Gasteiger partial charge in [-0.2, -0.15) is 5.10 Å². The minimum absolute atomic E-state index is 0.181. The SMILES string of the molecule is CC(Oc1ccc2[nH]nc(-c3nc4c(n3C3CCN(C)CC3)CN(C(=O)O)C4)c2c1)c1cc(F)cc(F)c1. The minimum Gasteiger partial charge on any atom is -0.486 e. The molecular weight excluding hydrogens is 494 g/mol. The molecule has 0 aliphatic carbocycles. The van der Waals surface area contributed by atoms with Crippen molar-refractivity contribution < 1.29 is 23.4 Å². The van der Waals surface area contributed by atoms with E-state index < -0.39 is 23.8 Å². The molecule has 6 rings (SSSR count). The standard InChI is InChI=1S/C27H28F2N6O3/c1-15(16-9-17(28)11-18(29)10-16)38-20-3-4-22-21(12-20)25(32-31-22)26-30-23-13-34(27(36)37)14-24(23)35(26)19-5-7-33(2)8-6-19/h3-4,9-12,15,19H,5-8,13-14H2,1-2H3,(H,31,32)(H,36,37). The number of nitrogens with one attached hydrogen (secondary N) is 1. The second-order valence-electron chi connectivity index (χ2n) is 10.1. The molecule has 2 aliphatic rings. The maximum Gasteiger partial charge on any atom is 0.408 e. The Balaban J connectivity index is 1.38. The number of carboxylic acid groups (broad SMARTS) is 1. The number of ether oxygens (including phenoxy) is 1. The Morgan fingerprint density at radius 3 is 2.58 bits per heavy atom. The number of fused-ring (bicyclic) bond motifs is 2. The predicted molar refractivity (Wildman–Crippen MR) is 136 cm³/mol. The molecule has 1 amide bonds. The highest BCUT2D eigenvalue weighted by Gasteiger charge is 2.34. The summed E-state index contributed by atoms with van der Waals surface area (Å²) in [6, 6.07) is 9.02. The summed E-state index contributed by atoms with van der Waals surface area (Å²) in [7, 11) is 2.10. The van der Waals surface area contributed by atoms with Gasteiger partial charge in [-0.25, -0.2) is 18.6 Å². The van der Waals surface area contributed by atoms with Crippen LogP contribution in [-0.4, -0.2) is 60.9 Å². The summed E-state index contributed by atoms with van der Waals surface area (Å²) in [4.78, 5) is 20.2. The zero-order valence-corrected chi connectivity index (χ0v) is 21.1. The number of imidazole rings is 1. The maximum absolute atomic E-state index is 13.7. The molecular formula is C27H28F2N6O3. The summed E-state index contributed by atoms with van der Waals surface area (Å²) in [5.41, 5.74) is 3.52. The molecule has 4 heterocycles. The van der Waals surface area contributed by atoms with E-state index >= 15 is 0 Å². The van der Waals surface area contributed by atoms with Crippen molar-refractivity contribution in [2.75, 3.05) is 20.1 Å². The van der Waals surface area contributed by atoms with Crippen LogP contribution in [-0.2, 0) is 13.1 Å². The number of H-pyrrole nitrogens is 1. The van der Waals surface area contributed by atoms with Crippen LogP contribution in [0.25, 0.3) is 22.4 Å². The van der Waals surface area contributed by atoms with Gasteiger partial charge in [0.1, 0.15) is 29.2 Å². The first-order valence-electron chi connectivity index (χ1n) is 12.6. The second-order valence-corrected chi connectivity index (χ2v) is 10.1. The predicted octanol–water partition coefficient (Wildman–Crippen LogP) is 5.10. The molecule has 9 nitrogen and oxygen atoms in total. The van der Waals surface area contributed by atoms with Gasteiger partial charge in [0.25, 0.3) is 0 Å². The largest absolute Gasteiger partial charge is 0.486 e. The van der Waals surface area contributed by atoms with Crippen molar-refractivity contribution in [3.05, 3.63) is 65.0 Å². The molecule has 0 bridgehead atoms. The van der Waals surface area contributed by atoms with Crippen molar-refractivity contribution in [2.45, 2.75) is 45.0 Å². The van der Waals surface area contributed by atoms with Crippen molar-refractivity contribution >= 4 is 17.0 Å². The molecule has 38 heavy (non-hydrogen) atoms. The highest BCUT2D eigenvalue weighted by atomic mass is 19.1. The van der Waals surface area contributed by atoms with E-state index in [2.05, 4.69) is 26.7 Å². The van der Waals surface area contributed by atoms with E-state index in [1.54, 1.807) is 13.0 Å². The van der Waals surface area contributed by atoms with E-state index in [-0.39, 0.29) is 12.6 Å². The first-order chi connectivity index (χ1) is 18.3. The Labute approximate surface area is 217 Å². The molecule has 4 aromatic rings. The topological polar surface area (TPSA) is 99.5 Å². The number of carbonyl (C=O) groups is 1. The van der Waals surface area contributed by atoms with Gasteiger partial charge in [-0.3, -0.25) is 10.00 Å². The third kappa shape index (κ3) is 4.36. The first-order valence-corrected chi connectivity index (χ1v) is 12.6. The van der Waals surface area contributed by atoms with Gasteiger partial charge >= 0.3 is 6.09 Å². The van der Waals surface area contributed by atoms with E-state index in [0.29, 0.717) is 29.4 Å². The number of likely N-dealkylation sites (tertiary alicyclic amines) is 1. The van der Waals surface area contributed by atoms with Gasteiger partial charge in [0, 0.05) is 17.5 Å². The third-order valence-electron chi connectivity index (χ3n) is 7.51. The van der Waals surface area contributed by atoms with E-state index in [1.165, 1.54) is 17.0 Å². The highest BCUT2D eigenvalue weighted by Crippen LogP contribution is 2.38. The normalized spacial score (nSPS) is 17.2. The molecule has 0 radical (unpaired) electrons. The van der Waals surface area contributed by atoms with Gasteiger partial charge in [-0.1, -0.05) is 0 Å². The molecule has 1 atom stereocenters. The van der Waals surface area contributed by atoms with Crippen molar-refractivity contribution in [1.82, 2.24) is 29.5 Å². The van der Waals surface area contributed by atoms with E-state index in [4.69, 9.17) is 9.72 Å². The van der Waals surface area contributed by atoms with E-state index in [0.717, 1.165) is 54.3 Å². The number of rotatable bonds is 5. The number of aromatic amines is 1. The molecule has 0 spiro atoms. The van der Waals surface area contributed by atoms with Crippen LogP contribution in [0.3, 0.4) is 0 Å². The Kier molecular flexibility index (Phi) is 6.02. The van der Waals surface area contributed by atoms with Gasteiger partial charge in [0.05, 0.1) is 30.0 Å². The van der Waals surface area contributed by atoms with E-state index in [1.807, 2.05) is 12.1 Å². The van der Waals surface area contributed by atoms with E-state index in [9.17, 15) is 18.7 Å². The van der Waals surface area contributed by atoms with Crippen molar-refractivity contribution in [3.63, 3.8) is 0 Å². The average molecular weight is 523 g/mol. The first kappa shape index (κ1) is 24.4. The van der Waals surface area contributed by atoms with Gasteiger partial charge in [0.2, 0.25) is 0 Å². The number of hydrogen-bond acceptors (Lipinski definition) is 5. The fourth-order valence-corrected chi connectivity index (χ4v) is 5.49. The molecule has 1 unspecified atom stereocenters. The van der Waals surface area contributed by atoms with Crippen LogP contribution in [0.15, 0.2) is 36.4 Å². The van der Waals surface area contributed by atoms with Crippen LogP contribution in [0.5, 0.6) is 5.75 Å². The summed E-state index contributed by atoms with van der Waals surface area (Å²) in [6.45, 7) is 4.16. The lowest BCUT2D eigenvalue weighted by atomic mass is 10.0. The quantitative estimate of drug-likeness (QED) is 0.378. The number of benzene rings is 2. The maximum atomic E-state index is 13.7. The zero-order chi connectivity index (χ0) is 26.6. The van der Waals surface area contributed by atoms with Gasteiger partial charge in [0.15, 0.2) is 5.82 Å². The lowest BCUT2D eigenvalue weighted by Crippen LogP contribution is -2.32. The molecule has 0 saturated carbocycles. The van der Waals surface area contributed by atoms with Crippen LogP contribution < -0.4 is 4.74 Å². The number of aromatic nitrogens is 4. The molecule has 2 aromatic carbocycles. The van der Waals surface area contributed by atoms with Crippen molar-refractivity contribution in [1.29, 1.82) is 0 Å². The fraction of sp³-hybridized carbons (Fsp3) is 0.370. The van der Waals surface area contributed by atoms with Crippen molar-refractivity contribution in [2.24, 2.45) is 0 Å².